The number of esters is 2. The summed E-state index contributed by atoms with van der Waals surface area (Å²) in [5.74, 6) is -0.219. The molecule has 5 aromatic rings. The number of hydrogen-bond donors (Lipinski definition) is 4. The number of likely N-dealkylation sites (tertiary alicyclic amines) is 2. The van der Waals surface area contributed by atoms with Crippen LogP contribution in [0.15, 0.2) is 72.3 Å². The highest BCUT2D eigenvalue weighted by atomic mass is 16.6. The van der Waals surface area contributed by atoms with E-state index < -0.39 is 60.4 Å². The summed E-state index contributed by atoms with van der Waals surface area (Å²) in [7, 11) is 2.60. The van der Waals surface area contributed by atoms with Crippen LogP contribution in [0.5, 0.6) is 0 Å². The van der Waals surface area contributed by atoms with Crippen molar-refractivity contribution in [1.82, 2.24) is 39.5 Å². The zero-order chi connectivity index (χ0) is 65.4. The van der Waals surface area contributed by atoms with Gasteiger partial charge in [-0.25, -0.2) is 19.6 Å². The Morgan fingerprint density at radius 3 is 1.55 bits per heavy atom. The molecule has 4 heterocycles. The molecule has 7 aliphatic carbocycles. The molecule has 4 bridgehead atoms. The normalized spacial score (nSPS) is 23.5. The lowest BCUT2D eigenvalue weighted by Gasteiger charge is -2.37. The minimum atomic E-state index is -0.832. The molecule has 0 spiro atoms. The topological polar surface area (TPSA) is 258 Å². The number of aromatic nitrogens is 4. The van der Waals surface area contributed by atoms with E-state index in [0.29, 0.717) is 30.0 Å². The van der Waals surface area contributed by atoms with Crippen LogP contribution in [0.25, 0.3) is 38.8 Å². The van der Waals surface area contributed by atoms with Crippen LogP contribution in [0.1, 0.15) is 179 Å². The number of alkyl carbamates (subject to hydrolysis) is 2. The standard InChI is InChI=1S/C72H96N10O10/c1-39(2)61(73)69(85)91-37-79-57-33-47(27-29-53(57)75-65(79)59-35-49-15-11-13-17-55(49)81(59)67(83)63(41(5)6)77-71(87)89-9)51-31-43-19-23-45(51)25-21-44-20-24-46(26-22-43)52(32-44)48-28-30-54-58(34-48)80(38-92-70(86)62(74)40(3)4)66(76-54)60-36-50-16-12-14-18-56(50)82(60)68(84)64(42(7)8)78-72(88)90-10/h19-20,23,27-34,39-42,46,49-50,55-56,59-64H,11-18,21-22,24-26,35-38,73-74H2,1-10H3,(H,77,87)(H,78,88)/t46?,49-,50-,55-,56-,59?,60?,61-,62-,63-,64-/m0/s1. The van der Waals surface area contributed by atoms with Crippen molar-refractivity contribution in [2.75, 3.05) is 14.2 Å². The van der Waals surface area contributed by atoms with E-state index in [4.69, 9.17) is 40.4 Å². The molecule has 2 aromatic heterocycles. The fourth-order valence-electron chi connectivity index (χ4n) is 15.6. The van der Waals surface area contributed by atoms with Gasteiger partial charge in [0, 0.05) is 12.1 Å². The second-order valence-electron chi connectivity index (χ2n) is 28.2. The summed E-state index contributed by atoms with van der Waals surface area (Å²) < 4.78 is 26.2. The van der Waals surface area contributed by atoms with Gasteiger partial charge >= 0.3 is 24.1 Å². The van der Waals surface area contributed by atoms with Crippen LogP contribution in [-0.2, 0) is 64.4 Å². The molecule has 9 aliphatic rings. The van der Waals surface area contributed by atoms with Gasteiger partial charge in [-0.15, -0.1) is 0 Å². The van der Waals surface area contributed by atoms with E-state index in [1.807, 2.05) is 80.4 Å². The van der Waals surface area contributed by atoms with Crippen molar-refractivity contribution in [3.63, 3.8) is 0 Å². The first-order valence-corrected chi connectivity index (χ1v) is 33.9. The summed E-state index contributed by atoms with van der Waals surface area (Å²) in [5.41, 5.74) is 23.8. The molecule has 3 unspecified atom stereocenters. The maximum atomic E-state index is 15.0. The highest BCUT2D eigenvalue weighted by Gasteiger charge is 2.51. The number of imidazole rings is 2. The summed E-state index contributed by atoms with van der Waals surface area (Å²) in [6.45, 7) is 15.0. The third-order valence-electron chi connectivity index (χ3n) is 21.0. The Labute approximate surface area is 540 Å². The molecule has 0 radical (unpaired) electrons. The largest absolute Gasteiger partial charge is 0.453 e. The molecule has 6 N–H and O–H groups in total. The third kappa shape index (κ3) is 13.3. The van der Waals surface area contributed by atoms with E-state index >= 15 is 9.59 Å². The van der Waals surface area contributed by atoms with Gasteiger partial charge in [-0.3, -0.25) is 28.3 Å². The lowest BCUT2D eigenvalue weighted by molar-refractivity contribution is -0.151. The van der Waals surface area contributed by atoms with E-state index in [9.17, 15) is 19.2 Å². The molecule has 3 aromatic carbocycles. The smallest absolute Gasteiger partial charge is 0.407 e. The van der Waals surface area contributed by atoms with Crippen LogP contribution in [0.4, 0.5) is 9.59 Å². The van der Waals surface area contributed by atoms with Gasteiger partial charge in [0.1, 0.15) is 35.8 Å². The van der Waals surface area contributed by atoms with E-state index in [2.05, 4.69) is 71.3 Å². The van der Waals surface area contributed by atoms with Crippen molar-refractivity contribution in [2.24, 2.45) is 52.9 Å². The highest BCUT2D eigenvalue weighted by Crippen LogP contribution is 2.50. The molecule has 20 heteroatoms. The van der Waals surface area contributed by atoms with Crippen LogP contribution in [0, 0.1) is 41.4 Å². The number of amides is 4. The summed E-state index contributed by atoms with van der Waals surface area (Å²) >= 11 is 0. The van der Waals surface area contributed by atoms with Gasteiger partial charge in [0.2, 0.25) is 11.8 Å². The summed E-state index contributed by atoms with van der Waals surface area (Å²) in [4.78, 5) is 97.3. The van der Waals surface area contributed by atoms with Crippen molar-refractivity contribution in [2.45, 2.75) is 213 Å². The zero-order valence-corrected chi connectivity index (χ0v) is 55.5. The second kappa shape index (κ2) is 27.9. The maximum Gasteiger partial charge on any atom is 0.407 e. The number of nitrogens with one attached hydrogen (secondary N) is 2. The number of nitrogens with zero attached hydrogens (tertiary/aromatic N) is 6. The Balaban J connectivity index is 0.930. The first-order valence-electron chi connectivity index (χ1n) is 33.9. The monoisotopic (exact) mass is 1260 g/mol. The number of carbonyl (C=O) groups is 6. The SMILES string of the molecule is COC(=O)N[C@H](C(=O)N1C(c2nc3ccc(C4=CC5=CCC4CCc4ccc(c(-c6ccc7nc(C8C[C@@H]9CCCC[C@@H]9N8C(=O)[C@@H](NC(=O)OC)C(C)C)n(COC(=O)[C@@H](N)C(C)C)c7c6)c4)CC5)cc3n2COC(=O)[C@@H](N)C(C)C)C[C@@H]2CCCC[C@@H]21)C(C)C. The molecule has 4 amide bonds. The second-order valence-corrected chi connectivity index (χ2v) is 28.2. The van der Waals surface area contributed by atoms with E-state index in [1.54, 1.807) is 0 Å². The predicted molar refractivity (Wildman–Crippen MR) is 352 cm³/mol. The zero-order valence-electron chi connectivity index (χ0n) is 55.5. The van der Waals surface area contributed by atoms with Crippen LogP contribution < -0.4 is 22.1 Å². The van der Waals surface area contributed by atoms with Crippen LogP contribution in [0.3, 0.4) is 0 Å². The lowest BCUT2D eigenvalue weighted by atomic mass is 9.79. The number of hydrogen-bond acceptors (Lipinski definition) is 14. The Morgan fingerprint density at radius 1 is 0.576 bits per heavy atom. The van der Waals surface area contributed by atoms with Crippen molar-refractivity contribution in [3.05, 3.63) is 101 Å². The van der Waals surface area contributed by atoms with Crippen LogP contribution in [-0.4, -0.2) is 115 Å². The number of fused-ring (bicyclic) bond motifs is 4. The molecule has 14 rings (SSSR count). The maximum absolute atomic E-state index is 15.0. The van der Waals surface area contributed by atoms with Crippen LogP contribution in [0.2, 0.25) is 0 Å². The summed E-state index contributed by atoms with van der Waals surface area (Å²) in [5, 5.41) is 5.68. The molecule has 2 saturated heterocycles. The average molecular weight is 1260 g/mol. The molecule has 2 saturated carbocycles. The molecule has 4 fully saturated rings. The molecular weight excluding hydrogens is 1160 g/mol. The quantitative estimate of drug-likeness (QED) is 0.0470. The van der Waals surface area contributed by atoms with E-state index in [1.165, 1.54) is 36.5 Å². The molecule has 494 valence electrons. The summed E-state index contributed by atoms with van der Waals surface area (Å²) in [6.07, 6.45) is 16.6. The Morgan fingerprint density at radius 2 is 1.07 bits per heavy atom. The van der Waals surface area contributed by atoms with Gasteiger partial charge in [0.25, 0.3) is 0 Å². The highest BCUT2D eigenvalue weighted by molar-refractivity contribution is 5.90. The fourth-order valence-corrected chi connectivity index (χ4v) is 15.6. The molecule has 20 nitrogen and oxygen atoms in total. The van der Waals surface area contributed by atoms with Crippen molar-refractivity contribution >= 4 is 63.6 Å². The number of allylic oxidation sites excluding steroid dienone is 4. The number of ether oxygens (including phenoxy) is 4. The van der Waals surface area contributed by atoms with Crippen molar-refractivity contribution in [3.8, 4) is 11.1 Å². The first-order chi connectivity index (χ1) is 44.1. The first kappa shape index (κ1) is 65.9. The van der Waals surface area contributed by atoms with Gasteiger partial charge < -0.3 is 50.8 Å². The third-order valence-corrected chi connectivity index (χ3v) is 21.0. The molecule has 11 atom stereocenters. The number of nitrogens with two attached hydrogens (primary N) is 2. The fraction of sp³-hybridized carbons (Fsp3) is 0.583. The van der Waals surface area contributed by atoms with E-state index in [0.717, 1.165) is 117 Å². The number of methoxy groups -OCH3 is 2. The number of carbonyl (C=O) groups excluding carboxylic acids is 6. The van der Waals surface area contributed by atoms with Crippen molar-refractivity contribution in [1.29, 1.82) is 0 Å². The Kier molecular flexibility index (Phi) is 20.0. The van der Waals surface area contributed by atoms with Gasteiger partial charge in [-0.1, -0.05) is 129 Å². The van der Waals surface area contributed by atoms with Gasteiger partial charge in [-0.05, 0) is 170 Å². The molecule has 2 aliphatic heterocycles. The number of aryl methyl sites for hydroxylation is 2. The Bertz CT molecular complexity index is 3660. The Hall–Kier alpha value is -7.58. The minimum Gasteiger partial charge on any atom is -0.453 e. The van der Waals surface area contributed by atoms with Crippen molar-refractivity contribution < 1.29 is 47.7 Å². The predicted octanol–water partition coefficient (Wildman–Crippen LogP) is 11.4. The molecular formula is C72H96N10O10. The minimum absolute atomic E-state index is 0.0413. The van der Waals surface area contributed by atoms with Gasteiger partial charge in [0.05, 0.1) is 48.4 Å². The lowest BCUT2D eigenvalue weighted by Crippen LogP contribution is -2.54. The molecule has 92 heavy (non-hydrogen) atoms. The van der Waals surface area contributed by atoms with Gasteiger partial charge in [-0.2, -0.15) is 0 Å². The average Bonchev–Trinajstić information content (AvgIpc) is 1.59. The summed E-state index contributed by atoms with van der Waals surface area (Å²) in [6, 6.07) is 15.3. The number of benzene rings is 3. The van der Waals surface area contributed by atoms with Crippen LogP contribution >= 0.6 is 0 Å². The van der Waals surface area contributed by atoms with E-state index in [-0.39, 0.29) is 78.8 Å². The number of rotatable bonds is 18. The van der Waals surface area contributed by atoms with Gasteiger partial charge in [0.15, 0.2) is 13.5 Å².